The van der Waals surface area contributed by atoms with Gasteiger partial charge in [-0.3, -0.25) is 0 Å². The van der Waals surface area contributed by atoms with Crippen LogP contribution in [0.3, 0.4) is 0 Å². The number of halogens is 6. The number of hydrogen-bond acceptors (Lipinski definition) is 3. The first kappa shape index (κ1) is 19.4. The van der Waals surface area contributed by atoms with Crippen LogP contribution in [0.1, 0.15) is 33.2 Å². The molecule has 0 saturated carbocycles. The number of benzene rings is 2. The highest BCUT2D eigenvalue weighted by Gasteiger charge is 2.45. The smallest absolute Gasteiger partial charge is 0.425 e. The van der Waals surface area contributed by atoms with Gasteiger partial charge >= 0.3 is 6.18 Å². The highest BCUT2D eigenvalue weighted by molar-refractivity contribution is 9.10. The summed E-state index contributed by atoms with van der Waals surface area (Å²) in [5.41, 5.74) is 2.24. The highest BCUT2D eigenvalue weighted by Crippen LogP contribution is 2.54. The summed E-state index contributed by atoms with van der Waals surface area (Å²) >= 11 is 7.37. The van der Waals surface area contributed by atoms with Crippen molar-refractivity contribution in [2.45, 2.75) is 24.9 Å². The van der Waals surface area contributed by atoms with Gasteiger partial charge in [-0.2, -0.15) is 13.2 Å². The van der Waals surface area contributed by atoms with Crippen molar-refractivity contribution in [2.75, 3.05) is 4.90 Å². The topological polar surface area (TPSA) is 12.5 Å². The summed E-state index contributed by atoms with van der Waals surface area (Å²) in [4.78, 5) is 1.62. The quantitative estimate of drug-likeness (QED) is 0.290. The minimum absolute atomic E-state index is 0.344. The fraction of sp³-hybridized carbons (Fsp3) is 0.200. The molecule has 3 heterocycles. The van der Waals surface area contributed by atoms with Crippen LogP contribution in [0, 0.1) is 5.82 Å². The molecule has 2 aliphatic rings. The average Bonchev–Trinajstić information content (AvgIpc) is 3.24. The summed E-state index contributed by atoms with van der Waals surface area (Å²) in [6, 6.07) is 10.9. The number of fused-ring (bicyclic) bond motifs is 5. The maximum Gasteiger partial charge on any atom is 0.425 e. The number of alkyl halides is 3. The van der Waals surface area contributed by atoms with Crippen LogP contribution in [-0.4, -0.2) is 0 Å². The third-order valence-corrected chi connectivity index (χ3v) is 7.21. The summed E-state index contributed by atoms with van der Waals surface area (Å²) in [5, 5.41) is 0. The lowest BCUT2D eigenvalue weighted by molar-refractivity contribution is -0.134. The van der Waals surface area contributed by atoms with Gasteiger partial charge in [0.15, 0.2) is 0 Å². The van der Waals surface area contributed by atoms with Gasteiger partial charge < -0.3 is 9.64 Å². The highest BCUT2D eigenvalue weighted by atomic mass is 79.9. The predicted octanol–water partition coefficient (Wildman–Crippen LogP) is 7.63. The Balaban J connectivity index is 1.68. The van der Waals surface area contributed by atoms with E-state index < -0.39 is 23.1 Å². The molecule has 0 amide bonds. The van der Waals surface area contributed by atoms with Crippen molar-refractivity contribution < 1.29 is 22.3 Å². The van der Waals surface area contributed by atoms with Crippen LogP contribution in [0.4, 0.5) is 23.2 Å². The molecular weight excluding hydrogens is 538 g/mol. The molecule has 0 bridgehead atoms. The van der Waals surface area contributed by atoms with Crippen molar-refractivity contribution >= 4 is 48.9 Å². The van der Waals surface area contributed by atoms with Gasteiger partial charge in [-0.05, 0) is 54.4 Å². The molecule has 2 aromatic carbocycles. The molecule has 150 valence electrons. The lowest BCUT2D eigenvalue weighted by Crippen LogP contribution is -2.37. The molecule has 2 aliphatic heterocycles. The predicted molar refractivity (Wildman–Crippen MR) is 110 cm³/mol. The monoisotopic (exact) mass is 547 g/mol. The fourth-order valence-corrected chi connectivity index (χ4v) is 5.69. The molecule has 0 saturated heterocycles. The van der Waals surface area contributed by atoms with Gasteiger partial charge in [-0.1, -0.05) is 31.9 Å². The standard InChI is InChI=1S/C20H11Br2F4NOS/c21-10-1-2-13-9(5-10)6-14-18-12(23)7-11(22)8-15(18)28-19(27(13)14)16-3-4-17(29-16)20(24,25)26/h1-5,7-8,14,19H,6H2. The van der Waals surface area contributed by atoms with E-state index >= 15 is 0 Å². The van der Waals surface area contributed by atoms with Crippen molar-refractivity contribution in [3.8, 4) is 5.75 Å². The molecular formula is C20H11Br2F4NOS. The van der Waals surface area contributed by atoms with Crippen LogP contribution in [0.15, 0.2) is 51.4 Å². The van der Waals surface area contributed by atoms with Crippen molar-refractivity contribution in [2.24, 2.45) is 0 Å². The van der Waals surface area contributed by atoms with Crippen LogP contribution >= 0.6 is 43.2 Å². The van der Waals surface area contributed by atoms with Crippen LogP contribution in [0.25, 0.3) is 0 Å². The van der Waals surface area contributed by atoms with E-state index in [4.69, 9.17) is 4.74 Å². The first-order chi connectivity index (χ1) is 13.7. The Hall–Kier alpha value is -1.58. The van der Waals surface area contributed by atoms with E-state index in [9.17, 15) is 17.6 Å². The zero-order valence-corrected chi connectivity index (χ0v) is 18.4. The van der Waals surface area contributed by atoms with E-state index in [0.29, 0.717) is 38.4 Å². The molecule has 3 aromatic rings. The number of anilines is 1. The zero-order valence-electron chi connectivity index (χ0n) is 14.4. The summed E-state index contributed by atoms with van der Waals surface area (Å²) in [6.45, 7) is 0. The first-order valence-corrected chi connectivity index (χ1v) is 11.0. The Kier molecular flexibility index (Phi) is 4.49. The van der Waals surface area contributed by atoms with Crippen LogP contribution in [0.2, 0.25) is 0 Å². The van der Waals surface area contributed by atoms with Crippen LogP contribution < -0.4 is 9.64 Å². The van der Waals surface area contributed by atoms with Crippen molar-refractivity contribution in [3.05, 3.63) is 78.1 Å². The third-order valence-electron chi connectivity index (χ3n) is 5.10. The van der Waals surface area contributed by atoms with Gasteiger partial charge in [-0.25, -0.2) is 4.39 Å². The number of thiophene rings is 1. The largest absolute Gasteiger partial charge is 0.465 e. The molecule has 2 atom stereocenters. The molecule has 0 aliphatic carbocycles. The molecule has 0 fully saturated rings. The van der Waals surface area contributed by atoms with Crippen LogP contribution in [-0.2, 0) is 12.6 Å². The molecule has 0 spiro atoms. The van der Waals surface area contributed by atoms with Crippen molar-refractivity contribution in [1.82, 2.24) is 0 Å². The molecule has 2 nitrogen and oxygen atoms in total. The van der Waals surface area contributed by atoms with Gasteiger partial charge in [0.2, 0.25) is 6.23 Å². The summed E-state index contributed by atoms with van der Waals surface area (Å²) in [5.74, 6) is -0.0613. The van der Waals surface area contributed by atoms with Gasteiger partial charge in [0.1, 0.15) is 16.4 Å². The molecule has 9 heteroatoms. The van der Waals surface area contributed by atoms with E-state index in [1.807, 2.05) is 23.1 Å². The second kappa shape index (κ2) is 6.72. The minimum atomic E-state index is -4.42. The van der Waals surface area contributed by atoms with Crippen molar-refractivity contribution in [1.29, 1.82) is 0 Å². The van der Waals surface area contributed by atoms with Gasteiger partial charge in [-0.15, -0.1) is 11.3 Å². The fourth-order valence-electron chi connectivity index (χ4n) is 3.97. The molecule has 29 heavy (non-hydrogen) atoms. The lowest BCUT2D eigenvalue weighted by Gasteiger charge is -2.40. The van der Waals surface area contributed by atoms with Crippen LogP contribution in [0.5, 0.6) is 5.75 Å². The Labute approximate surface area is 184 Å². The van der Waals surface area contributed by atoms with Crippen molar-refractivity contribution in [3.63, 3.8) is 0 Å². The number of hydrogen-bond donors (Lipinski definition) is 0. The maximum absolute atomic E-state index is 14.9. The van der Waals surface area contributed by atoms with E-state index in [0.717, 1.165) is 21.8 Å². The van der Waals surface area contributed by atoms with E-state index in [-0.39, 0.29) is 6.04 Å². The van der Waals surface area contributed by atoms with E-state index in [1.54, 1.807) is 6.07 Å². The zero-order chi connectivity index (χ0) is 20.5. The SMILES string of the molecule is Fc1cc(Br)cc2c1C1Cc3cc(Br)ccc3N1C(c1ccc(C(F)(F)F)s1)O2. The normalized spacial score (nSPS) is 20.1. The maximum atomic E-state index is 14.9. The van der Waals surface area contributed by atoms with Gasteiger partial charge in [0.05, 0.1) is 16.5 Å². The Morgan fingerprint density at radius 2 is 1.83 bits per heavy atom. The van der Waals surface area contributed by atoms with E-state index in [1.165, 1.54) is 12.1 Å². The second-order valence-corrected chi connectivity index (χ2v) is 9.82. The number of nitrogens with zero attached hydrogens (tertiary/aromatic N) is 1. The molecule has 2 unspecified atom stereocenters. The number of ether oxygens (including phenoxy) is 1. The Morgan fingerprint density at radius 1 is 1.03 bits per heavy atom. The summed E-state index contributed by atoms with van der Waals surface area (Å²) in [6.07, 6.45) is -4.65. The lowest BCUT2D eigenvalue weighted by atomic mass is 9.99. The van der Waals surface area contributed by atoms with Gasteiger partial charge in [0, 0.05) is 14.6 Å². The molecule has 0 N–H and O–H groups in total. The Morgan fingerprint density at radius 3 is 2.55 bits per heavy atom. The Bertz CT molecular complexity index is 1130. The molecule has 0 radical (unpaired) electrons. The first-order valence-electron chi connectivity index (χ1n) is 8.61. The minimum Gasteiger partial charge on any atom is -0.465 e. The molecule has 1 aromatic heterocycles. The second-order valence-electron chi connectivity index (χ2n) is 6.87. The van der Waals surface area contributed by atoms with E-state index in [2.05, 4.69) is 31.9 Å². The average molecular weight is 549 g/mol. The summed E-state index contributed by atoms with van der Waals surface area (Å²) < 4.78 is 61.8. The molecule has 5 rings (SSSR count). The summed E-state index contributed by atoms with van der Waals surface area (Å²) in [7, 11) is 0. The van der Waals surface area contributed by atoms with Gasteiger partial charge in [0.25, 0.3) is 0 Å². The third kappa shape index (κ3) is 3.18. The number of rotatable bonds is 1.